The van der Waals surface area contributed by atoms with Gasteiger partial charge in [-0.25, -0.2) is 12.8 Å². The highest BCUT2D eigenvalue weighted by molar-refractivity contribution is 7.89. The Labute approximate surface area is 123 Å². The number of halogens is 1. The molecule has 7 heteroatoms. The summed E-state index contributed by atoms with van der Waals surface area (Å²) in [7, 11) is -3.93. The summed E-state index contributed by atoms with van der Waals surface area (Å²) in [5.41, 5.74) is 5.96. The van der Waals surface area contributed by atoms with E-state index < -0.39 is 15.8 Å². The Morgan fingerprint density at radius 2 is 2.10 bits per heavy atom. The van der Waals surface area contributed by atoms with Gasteiger partial charge in [-0.1, -0.05) is 13.0 Å². The minimum absolute atomic E-state index is 0.0594. The molecule has 0 amide bonds. The zero-order valence-electron chi connectivity index (χ0n) is 11.6. The molecule has 0 saturated heterocycles. The number of hydrogen-bond acceptors (Lipinski definition) is 4. The molecule has 1 aromatic heterocycles. The highest BCUT2D eigenvalue weighted by atomic mass is 32.2. The van der Waals surface area contributed by atoms with Crippen LogP contribution in [0.1, 0.15) is 18.2 Å². The SMILES string of the molecule is CCN(Cc1ccco1)S(=O)(=O)c1ccc(CN)cc1F. The fraction of sp³-hybridized carbons (Fsp3) is 0.286. The van der Waals surface area contributed by atoms with Gasteiger partial charge < -0.3 is 10.2 Å². The molecule has 21 heavy (non-hydrogen) atoms. The summed E-state index contributed by atoms with van der Waals surface area (Å²) < 4.78 is 45.4. The Balaban J connectivity index is 2.35. The van der Waals surface area contributed by atoms with Crippen LogP contribution in [0.5, 0.6) is 0 Å². The van der Waals surface area contributed by atoms with Gasteiger partial charge in [-0.3, -0.25) is 0 Å². The molecule has 0 aliphatic rings. The molecule has 0 radical (unpaired) electrons. The normalized spacial score (nSPS) is 12.0. The maximum absolute atomic E-state index is 14.0. The fourth-order valence-corrected chi connectivity index (χ4v) is 3.42. The molecule has 0 aliphatic carbocycles. The van der Waals surface area contributed by atoms with E-state index in [2.05, 4.69) is 0 Å². The third-order valence-electron chi connectivity index (χ3n) is 3.11. The van der Waals surface area contributed by atoms with Crippen molar-refractivity contribution in [2.45, 2.75) is 24.9 Å². The number of benzene rings is 1. The van der Waals surface area contributed by atoms with Crippen LogP contribution in [0.3, 0.4) is 0 Å². The molecule has 0 unspecified atom stereocenters. The number of nitrogens with zero attached hydrogens (tertiary/aromatic N) is 1. The molecule has 2 aromatic rings. The summed E-state index contributed by atoms with van der Waals surface area (Å²) in [6.07, 6.45) is 1.46. The van der Waals surface area contributed by atoms with Crippen molar-refractivity contribution in [3.63, 3.8) is 0 Å². The first-order valence-electron chi connectivity index (χ1n) is 6.50. The number of furan rings is 1. The Kier molecular flexibility index (Phi) is 4.76. The van der Waals surface area contributed by atoms with Gasteiger partial charge in [0.15, 0.2) is 0 Å². The summed E-state index contributed by atoms with van der Waals surface area (Å²) in [5.74, 6) is -0.296. The van der Waals surface area contributed by atoms with Gasteiger partial charge in [0, 0.05) is 13.1 Å². The molecule has 5 nitrogen and oxygen atoms in total. The second-order valence-corrected chi connectivity index (χ2v) is 6.39. The van der Waals surface area contributed by atoms with Crippen LogP contribution < -0.4 is 5.73 Å². The second kappa shape index (κ2) is 6.38. The van der Waals surface area contributed by atoms with E-state index in [4.69, 9.17) is 10.2 Å². The first-order chi connectivity index (χ1) is 9.98. The average Bonchev–Trinajstić information content (AvgIpc) is 2.97. The summed E-state index contributed by atoms with van der Waals surface area (Å²) in [4.78, 5) is -0.354. The van der Waals surface area contributed by atoms with Crippen LogP contribution >= 0.6 is 0 Å². The molecule has 114 valence electrons. The lowest BCUT2D eigenvalue weighted by molar-refractivity contribution is 0.373. The smallest absolute Gasteiger partial charge is 0.246 e. The summed E-state index contributed by atoms with van der Waals surface area (Å²) in [6.45, 7) is 2.11. The fourth-order valence-electron chi connectivity index (χ4n) is 1.96. The number of hydrogen-bond donors (Lipinski definition) is 1. The van der Waals surface area contributed by atoms with Crippen LogP contribution in [0.15, 0.2) is 45.9 Å². The third kappa shape index (κ3) is 3.31. The molecular weight excluding hydrogens is 295 g/mol. The van der Waals surface area contributed by atoms with Crippen molar-refractivity contribution in [1.29, 1.82) is 0 Å². The molecule has 0 fully saturated rings. The summed E-state index contributed by atoms with van der Waals surface area (Å²) in [6, 6.07) is 7.25. The van der Waals surface area contributed by atoms with E-state index in [-0.39, 0.29) is 24.5 Å². The van der Waals surface area contributed by atoms with Gasteiger partial charge in [-0.15, -0.1) is 0 Å². The molecule has 0 aliphatic heterocycles. The van der Waals surface area contributed by atoms with Crippen molar-refractivity contribution in [2.75, 3.05) is 6.54 Å². The molecule has 0 saturated carbocycles. The van der Waals surface area contributed by atoms with Gasteiger partial charge in [-0.05, 0) is 29.8 Å². The van der Waals surface area contributed by atoms with Crippen LogP contribution in [0.2, 0.25) is 0 Å². The number of nitrogens with two attached hydrogens (primary N) is 1. The van der Waals surface area contributed by atoms with Crippen LogP contribution in [-0.2, 0) is 23.1 Å². The number of rotatable bonds is 6. The van der Waals surface area contributed by atoms with Crippen LogP contribution in [0.25, 0.3) is 0 Å². The van der Waals surface area contributed by atoms with Gasteiger partial charge >= 0.3 is 0 Å². The molecule has 2 N–H and O–H groups in total. The predicted octanol–water partition coefficient (Wildman–Crippen LogP) is 2.09. The summed E-state index contributed by atoms with van der Waals surface area (Å²) >= 11 is 0. The molecule has 2 rings (SSSR count). The van der Waals surface area contributed by atoms with Crippen molar-refractivity contribution in [3.8, 4) is 0 Å². The van der Waals surface area contributed by atoms with E-state index in [1.165, 1.54) is 18.4 Å². The van der Waals surface area contributed by atoms with E-state index in [0.29, 0.717) is 11.3 Å². The van der Waals surface area contributed by atoms with E-state index in [9.17, 15) is 12.8 Å². The molecule has 1 aromatic carbocycles. The van der Waals surface area contributed by atoms with Gasteiger partial charge in [0.1, 0.15) is 16.5 Å². The van der Waals surface area contributed by atoms with Crippen molar-refractivity contribution in [2.24, 2.45) is 5.73 Å². The Morgan fingerprint density at radius 1 is 1.33 bits per heavy atom. The summed E-state index contributed by atoms with van der Waals surface area (Å²) in [5, 5.41) is 0. The molecule has 0 spiro atoms. The Bertz CT molecular complexity index is 699. The zero-order valence-corrected chi connectivity index (χ0v) is 12.4. The van der Waals surface area contributed by atoms with E-state index in [1.54, 1.807) is 19.1 Å². The third-order valence-corrected chi connectivity index (χ3v) is 5.07. The molecule has 0 atom stereocenters. The standard InChI is InChI=1S/C14H17FN2O3S/c1-2-17(10-12-4-3-7-20-12)21(18,19)14-6-5-11(9-16)8-13(14)15/h3-8H,2,9-10,16H2,1H3. The van der Waals surface area contributed by atoms with E-state index >= 15 is 0 Å². The lowest BCUT2D eigenvalue weighted by atomic mass is 10.2. The van der Waals surface area contributed by atoms with Crippen molar-refractivity contribution >= 4 is 10.0 Å². The van der Waals surface area contributed by atoms with Crippen LogP contribution in [0.4, 0.5) is 4.39 Å². The largest absolute Gasteiger partial charge is 0.468 e. The topological polar surface area (TPSA) is 76.5 Å². The first-order valence-corrected chi connectivity index (χ1v) is 7.94. The lowest BCUT2D eigenvalue weighted by Crippen LogP contribution is -2.31. The van der Waals surface area contributed by atoms with E-state index in [0.717, 1.165) is 10.4 Å². The molecule has 0 bridgehead atoms. The van der Waals surface area contributed by atoms with Crippen molar-refractivity contribution < 1.29 is 17.2 Å². The molecule has 1 heterocycles. The lowest BCUT2D eigenvalue weighted by Gasteiger charge is -2.20. The number of sulfonamides is 1. The minimum Gasteiger partial charge on any atom is -0.468 e. The highest BCUT2D eigenvalue weighted by Crippen LogP contribution is 2.22. The van der Waals surface area contributed by atoms with Crippen molar-refractivity contribution in [1.82, 2.24) is 4.31 Å². The van der Waals surface area contributed by atoms with Crippen LogP contribution in [-0.4, -0.2) is 19.3 Å². The minimum atomic E-state index is -3.93. The van der Waals surface area contributed by atoms with Gasteiger partial charge in [0.25, 0.3) is 0 Å². The highest BCUT2D eigenvalue weighted by Gasteiger charge is 2.27. The maximum Gasteiger partial charge on any atom is 0.246 e. The van der Waals surface area contributed by atoms with Gasteiger partial charge in [-0.2, -0.15) is 4.31 Å². The van der Waals surface area contributed by atoms with E-state index in [1.807, 2.05) is 0 Å². The van der Waals surface area contributed by atoms with Gasteiger partial charge in [0.05, 0.1) is 12.8 Å². The zero-order chi connectivity index (χ0) is 15.5. The molecular formula is C14H17FN2O3S. The predicted molar refractivity (Wildman–Crippen MR) is 76.3 cm³/mol. The Hall–Kier alpha value is -1.70. The monoisotopic (exact) mass is 312 g/mol. The Morgan fingerprint density at radius 3 is 2.62 bits per heavy atom. The van der Waals surface area contributed by atoms with Crippen molar-refractivity contribution in [3.05, 3.63) is 53.7 Å². The first kappa shape index (κ1) is 15.7. The van der Waals surface area contributed by atoms with Gasteiger partial charge in [0.2, 0.25) is 10.0 Å². The van der Waals surface area contributed by atoms with Crippen LogP contribution in [0, 0.1) is 5.82 Å². The quantitative estimate of drug-likeness (QED) is 0.886. The average molecular weight is 312 g/mol. The maximum atomic E-state index is 14.0. The second-order valence-electron chi connectivity index (χ2n) is 4.48.